The highest BCUT2D eigenvalue weighted by Crippen LogP contribution is 2.34. The van der Waals surface area contributed by atoms with Crippen LogP contribution in [-0.2, 0) is 4.79 Å². The van der Waals surface area contributed by atoms with Gasteiger partial charge in [-0.1, -0.05) is 0 Å². The van der Waals surface area contributed by atoms with Crippen LogP contribution in [0.1, 0.15) is 12.8 Å². The fraction of sp³-hybridized carbons (Fsp3) is 0.500. The molecule has 2 atom stereocenters. The van der Waals surface area contributed by atoms with Gasteiger partial charge in [-0.15, -0.1) is 0 Å². The van der Waals surface area contributed by atoms with Crippen molar-refractivity contribution in [2.45, 2.75) is 18.9 Å². The number of methoxy groups -OCH3 is 1. The second-order valence-electron chi connectivity index (χ2n) is 5.22. The zero-order valence-electron chi connectivity index (χ0n) is 11.1. The van der Waals surface area contributed by atoms with Gasteiger partial charge in [-0.05, 0) is 18.9 Å². The first kappa shape index (κ1) is 12.1. The monoisotopic (exact) mass is 261 g/mol. The van der Waals surface area contributed by atoms with E-state index in [1.54, 1.807) is 7.11 Å². The van der Waals surface area contributed by atoms with Crippen molar-refractivity contribution in [3.63, 3.8) is 0 Å². The van der Waals surface area contributed by atoms with E-state index in [9.17, 15) is 4.79 Å². The third kappa shape index (κ3) is 2.09. The second-order valence-corrected chi connectivity index (χ2v) is 5.22. The molecular weight excluding hydrogens is 242 g/mol. The van der Waals surface area contributed by atoms with Crippen molar-refractivity contribution in [1.29, 1.82) is 0 Å². The van der Waals surface area contributed by atoms with Crippen LogP contribution in [0.5, 0.6) is 5.75 Å². The number of anilines is 2. The molecule has 1 aromatic rings. The van der Waals surface area contributed by atoms with E-state index in [0.29, 0.717) is 5.69 Å². The van der Waals surface area contributed by atoms with Gasteiger partial charge in [0.25, 0.3) is 0 Å². The van der Waals surface area contributed by atoms with E-state index >= 15 is 0 Å². The largest absolute Gasteiger partial charge is 0.497 e. The minimum absolute atomic E-state index is 0.112. The van der Waals surface area contributed by atoms with Crippen LogP contribution in [0, 0.1) is 5.92 Å². The van der Waals surface area contributed by atoms with Crippen molar-refractivity contribution in [2.24, 2.45) is 5.92 Å². The number of amides is 1. The molecule has 1 amide bonds. The minimum Gasteiger partial charge on any atom is -0.497 e. The Morgan fingerprint density at radius 2 is 2.26 bits per heavy atom. The Morgan fingerprint density at radius 3 is 3.05 bits per heavy atom. The molecule has 5 heteroatoms. The summed E-state index contributed by atoms with van der Waals surface area (Å²) in [5, 5.41) is 2.96. The first-order chi connectivity index (χ1) is 9.19. The lowest BCUT2D eigenvalue weighted by atomic mass is 9.91. The van der Waals surface area contributed by atoms with Gasteiger partial charge in [-0.2, -0.15) is 0 Å². The summed E-state index contributed by atoms with van der Waals surface area (Å²) in [5.74, 6) is 1.06. The molecule has 2 aliphatic heterocycles. The molecule has 5 nitrogen and oxygen atoms in total. The maximum absolute atomic E-state index is 11.8. The van der Waals surface area contributed by atoms with Crippen LogP contribution in [-0.4, -0.2) is 32.1 Å². The molecule has 2 heterocycles. The Hall–Kier alpha value is -1.91. The van der Waals surface area contributed by atoms with Crippen LogP contribution in [0.15, 0.2) is 18.2 Å². The Kier molecular flexibility index (Phi) is 2.97. The Morgan fingerprint density at radius 1 is 1.42 bits per heavy atom. The smallest absolute Gasteiger partial charge is 0.225 e. The Bertz CT molecular complexity index is 503. The summed E-state index contributed by atoms with van der Waals surface area (Å²) < 4.78 is 5.27. The molecule has 2 saturated heterocycles. The molecule has 1 aromatic carbocycles. The molecular formula is C14H19N3O2. The average molecular weight is 261 g/mol. The molecule has 0 saturated carbocycles. The quantitative estimate of drug-likeness (QED) is 0.779. The molecule has 0 radical (unpaired) electrons. The first-order valence-electron chi connectivity index (χ1n) is 6.68. The SMILES string of the molecule is COc1cc(N)cc(N2CCCC3C(=O)NCC32)c1. The number of rotatable bonds is 2. The number of piperidine rings is 1. The van der Waals surface area contributed by atoms with Crippen molar-refractivity contribution < 1.29 is 9.53 Å². The van der Waals surface area contributed by atoms with Crippen LogP contribution in [0.3, 0.4) is 0 Å². The van der Waals surface area contributed by atoms with E-state index in [0.717, 1.165) is 37.4 Å². The zero-order chi connectivity index (χ0) is 13.4. The van der Waals surface area contributed by atoms with Gasteiger partial charge in [0, 0.05) is 36.6 Å². The predicted molar refractivity (Wildman–Crippen MR) is 74.3 cm³/mol. The fourth-order valence-electron chi connectivity index (χ4n) is 3.16. The van der Waals surface area contributed by atoms with Crippen molar-refractivity contribution in [1.82, 2.24) is 5.32 Å². The normalized spacial score (nSPS) is 25.9. The maximum Gasteiger partial charge on any atom is 0.225 e. The van der Waals surface area contributed by atoms with E-state index < -0.39 is 0 Å². The van der Waals surface area contributed by atoms with Crippen LogP contribution in [0.25, 0.3) is 0 Å². The molecule has 19 heavy (non-hydrogen) atoms. The Labute approximate surface area is 112 Å². The van der Waals surface area contributed by atoms with Gasteiger partial charge in [0.15, 0.2) is 0 Å². The molecule has 0 aliphatic carbocycles. The highest BCUT2D eigenvalue weighted by Gasteiger charge is 2.40. The fourth-order valence-corrected chi connectivity index (χ4v) is 3.16. The van der Waals surface area contributed by atoms with Crippen LogP contribution < -0.4 is 20.7 Å². The molecule has 3 N–H and O–H groups in total. The van der Waals surface area contributed by atoms with E-state index in [1.807, 2.05) is 18.2 Å². The molecule has 3 rings (SSSR count). The van der Waals surface area contributed by atoms with E-state index in [4.69, 9.17) is 10.5 Å². The van der Waals surface area contributed by atoms with Crippen LogP contribution >= 0.6 is 0 Å². The first-order valence-corrected chi connectivity index (χ1v) is 6.68. The third-order valence-electron chi connectivity index (χ3n) is 4.08. The van der Waals surface area contributed by atoms with Crippen molar-refractivity contribution in [3.8, 4) is 5.75 Å². The lowest BCUT2D eigenvalue weighted by molar-refractivity contribution is -0.122. The maximum atomic E-state index is 11.8. The van der Waals surface area contributed by atoms with Gasteiger partial charge in [0.05, 0.1) is 19.1 Å². The summed E-state index contributed by atoms with van der Waals surface area (Å²) >= 11 is 0. The summed E-state index contributed by atoms with van der Waals surface area (Å²) in [6, 6.07) is 5.99. The van der Waals surface area contributed by atoms with Gasteiger partial charge in [0.2, 0.25) is 5.91 Å². The minimum atomic E-state index is 0.112. The van der Waals surface area contributed by atoms with Gasteiger partial charge in [-0.25, -0.2) is 0 Å². The molecule has 0 spiro atoms. The number of hydrogen-bond acceptors (Lipinski definition) is 4. The number of fused-ring (bicyclic) bond motifs is 1. The number of ether oxygens (including phenoxy) is 1. The van der Waals surface area contributed by atoms with Gasteiger partial charge in [0.1, 0.15) is 5.75 Å². The van der Waals surface area contributed by atoms with Gasteiger partial charge < -0.3 is 20.7 Å². The molecule has 2 aliphatic rings. The Balaban J connectivity index is 1.92. The third-order valence-corrected chi connectivity index (χ3v) is 4.08. The predicted octanol–water partition coefficient (Wildman–Crippen LogP) is 0.992. The van der Waals surface area contributed by atoms with E-state index in [2.05, 4.69) is 10.2 Å². The number of benzene rings is 1. The van der Waals surface area contributed by atoms with E-state index in [-0.39, 0.29) is 17.9 Å². The molecule has 2 unspecified atom stereocenters. The standard InChI is InChI=1S/C14H19N3O2/c1-19-11-6-9(15)5-10(7-11)17-4-2-3-12-13(17)8-16-14(12)18/h5-7,12-13H,2-4,8,15H2,1H3,(H,16,18). The zero-order valence-corrected chi connectivity index (χ0v) is 11.1. The van der Waals surface area contributed by atoms with Crippen molar-refractivity contribution >= 4 is 17.3 Å². The molecule has 102 valence electrons. The van der Waals surface area contributed by atoms with Crippen LogP contribution in [0.4, 0.5) is 11.4 Å². The topological polar surface area (TPSA) is 67.6 Å². The lowest BCUT2D eigenvalue weighted by Gasteiger charge is -2.38. The number of hydrogen-bond donors (Lipinski definition) is 2. The number of nitrogen functional groups attached to an aromatic ring is 1. The summed E-state index contributed by atoms with van der Waals surface area (Å²) in [4.78, 5) is 14.1. The van der Waals surface area contributed by atoms with E-state index in [1.165, 1.54) is 0 Å². The summed E-state index contributed by atoms with van der Waals surface area (Å²) in [5.41, 5.74) is 7.65. The molecule has 0 aromatic heterocycles. The number of carbonyl (C=O) groups is 1. The summed E-state index contributed by atoms with van der Waals surface area (Å²) in [7, 11) is 1.64. The molecule has 0 bridgehead atoms. The van der Waals surface area contributed by atoms with Crippen LogP contribution in [0.2, 0.25) is 0 Å². The number of carbonyl (C=O) groups excluding carboxylic acids is 1. The van der Waals surface area contributed by atoms with Gasteiger partial charge in [-0.3, -0.25) is 4.79 Å². The highest BCUT2D eigenvalue weighted by molar-refractivity contribution is 5.83. The summed E-state index contributed by atoms with van der Waals surface area (Å²) in [6.07, 6.45) is 2.01. The van der Waals surface area contributed by atoms with Crippen molar-refractivity contribution in [2.75, 3.05) is 30.8 Å². The number of nitrogens with one attached hydrogen (secondary N) is 1. The van der Waals surface area contributed by atoms with Gasteiger partial charge >= 0.3 is 0 Å². The lowest BCUT2D eigenvalue weighted by Crippen LogP contribution is -2.45. The number of nitrogens with two attached hydrogens (primary N) is 1. The van der Waals surface area contributed by atoms with Crippen molar-refractivity contribution in [3.05, 3.63) is 18.2 Å². The second kappa shape index (κ2) is 4.64. The molecule has 2 fully saturated rings. The average Bonchev–Trinajstić information content (AvgIpc) is 2.80. The number of nitrogens with zero attached hydrogens (tertiary/aromatic N) is 1. The summed E-state index contributed by atoms with van der Waals surface area (Å²) in [6.45, 7) is 1.68. The highest BCUT2D eigenvalue weighted by atomic mass is 16.5.